The molecule has 0 aliphatic rings. The molecule has 0 radical (unpaired) electrons. The second-order valence-electron chi connectivity index (χ2n) is 10.6. The first-order chi connectivity index (χ1) is 19.7. The molecule has 6 nitrogen and oxygen atoms in total. The van der Waals surface area contributed by atoms with Crippen LogP contribution in [0.4, 0.5) is 5.82 Å². The topological polar surface area (TPSA) is 59.5 Å². The van der Waals surface area contributed by atoms with Crippen molar-refractivity contribution in [1.82, 2.24) is 14.9 Å². The lowest BCUT2D eigenvalue weighted by atomic mass is 10.1. The maximum atomic E-state index is 5.59. The van der Waals surface area contributed by atoms with Crippen LogP contribution in [0.3, 0.4) is 0 Å². The Balaban J connectivity index is 1.45. The molecule has 4 aromatic rings. The number of nitrogens with zero attached hydrogens (tertiary/aromatic N) is 3. The van der Waals surface area contributed by atoms with Crippen LogP contribution in [0.5, 0.6) is 11.5 Å². The van der Waals surface area contributed by atoms with Crippen LogP contribution in [0.1, 0.15) is 65.2 Å². The van der Waals surface area contributed by atoms with Gasteiger partial charge in [0.25, 0.3) is 0 Å². The van der Waals surface area contributed by atoms with Gasteiger partial charge in [-0.3, -0.25) is 0 Å². The van der Waals surface area contributed by atoms with E-state index in [4.69, 9.17) is 19.4 Å². The molecule has 0 bridgehead atoms. The van der Waals surface area contributed by atoms with Crippen LogP contribution in [0, 0.1) is 0 Å². The highest BCUT2D eigenvalue weighted by molar-refractivity contribution is 5.94. The summed E-state index contributed by atoms with van der Waals surface area (Å²) in [5.74, 6) is 2.87. The summed E-state index contributed by atoms with van der Waals surface area (Å²) in [5.41, 5.74) is 1.83. The number of hydrogen-bond donors (Lipinski definition) is 1. The van der Waals surface area contributed by atoms with Gasteiger partial charge in [-0.1, -0.05) is 75.9 Å². The van der Waals surface area contributed by atoms with Gasteiger partial charge in [0.1, 0.15) is 5.82 Å². The highest BCUT2D eigenvalue weighted by atomic mass is 16.5. The van der Waals surface area contributed by atoms with Crippen LogP contribution in [-0.2, 0) is 0 Å². The van der Waals surface area contributed by atoms with Crippen LogP contribution in [0.25, 0.3) is 33.1 Å². The van der Waals surface area contributed by atoms with Gasteiger partial charge in [0.15, 0.2) is 17.3 Å². The minimum Gasteiger partial charge on any atom is -0.493 e. The number of benzene rings is 3. The Morgan fingerprint density at radius 1 is 0.700 bits per heavy atom. The number of nitrogens with one attached hydrogen (secondary N) is 1. The van der Waals surface area contributed by atoms with Crippen molar-refractivity contribution in [3.05, 3.63) is 54.6 Å². The van der Waals surface area contributed by atoms with Crippen LogP contribution in [-0.4, -0.2) is 55.3 Å². The molecule has 0 unspecified atom stereocenters. The number of ether oxygens (including phenoxy) is 2. The fraction of sp³-hybridized carbons (Fsp3) is 0.471. The molecule has 1 heterocycles. The monoisotopic (exact) mass is 542 g/mol. The summed E-state index contributed by atoms with van der Waals surface area (Å²) in [7, 11) is 3.31. The number of aromatic nitrogens is 2. The van der Waals surface area contributed by atoms with E-state index >= 15 is 0 Å². The van der Waals surface area contributed by atoms with Gasteiger partial charge in [0.2, 0.25) is 0 Å². The molecule has 0 aliphatic heterocycles. The normalized spacial score (nSPS) is 11.4. The van der Waals surface area contributed by atoms with E-state index in [0.717, 1.165) is 35.2 Å². The van der Waals surface area contributed by atoms with E-state index in [0.29, 0.717) is 17.3 Å². The lowest BCUT2D eigenvalue weighted by Crippen LogP contribution is -2.27. The van der Waals surface area contributed by atoms with Gasteiger partial charge in [0.05, 0.1) is 19.7 Å². The number of anilines is 1. The van der Waals surface area contributed by atoms with E-state index in [2.05, 4.69) is 66.5 Å². The molecule has 0 spiro atoms. The van der Waals surface area contributed by atoms with Crippen molar-refractivity contribution >= 4 is 27.5 Å². The molecule has 0 fully saturated rings. The molecule has 1 N–H and O–H groups in total. The average molecular weight is 543 g/mol. The maximum absolute atomic E-state index is 5.59. The molecule has 0 saturated carbocycles. The van der Waals surface area contributed by atoms with Gasteiger partial charge >= 0.3 is 0 Å². The van der Waals surface area contributed by atoms with Gasteiger partial charge in [-0.25, -0.2) is 9.97 Å². The average Bonchev–Trinajstić information content (AvgIpc) is 3.00. The summed E-state index contributed by atoms with van der Waals surface area (Å²) < 4.78 is 11.2. The van der Waals surface area contributed by atoms with Gasteiger partial charge in [-0.2, -0.15) is 0 Å². The van der Waals surface area contributed by atoms with Crippen molar-refractivity contribution in [3.8, 4) is 22.9 Å². The number of methoxy groups -OCH3 is 2. The molecule has 6 heteroatoms. The summed E-state index contributed by atoms with van der Waals surface area (Å²) in [4.78, 5) is 12.6. The first-order valence-electron chi connectivity index (χ1n) is 15.1. The van der Waals surface area contributed by atoms with E-state index in [1.165, 1.54) is 75.4 Å². The second-order valence-corrected chi connectivity index (χ2v) is 10.6. The predicted molar refractivity (Wildman–Crippen MR) is 169 cm³/mol. The Hall–Kier alpha value is -3.38. The summed E-state index contributed by atoms with van der Waals surface area (Å²) in [6.45, 7) is 9.14. The summed E-state index contributed by atoms with van der Waals surface area (Å²) >= 11 is 0. The molecule has 0 saturated heterocycles. The van der Waals surface area contributed by atoms with E-state index < -0.39 is 0 Å². The van der Waals surface area contributed by atoms with Gasteiger partial charge in [0, 0.05) is 23.6 Å². The van der Waals surface area contributed by atoms with Crippen molar-refractivity contribution in [2.75, 3.05) is 45.7 Å². The van der Waals surface area contributed by atoms with Crippen molar-refractivity contribution in [2.45, 2.75) is 65.2 Å². The molecule has 0 atom stereocenters. The number of rotatable bonds is 17. The van der Waals surface area contributed by atoms with Gasteiger partial charge in [-0.15, -0.1) is 0 Å². The van der Waals surface area contributed by atoms with Crippen molar-refractivity contribution < 1.29 is 9.47 Å². The van der Waals surface area contributed by atoms with Crippen LogP contribution in [0.2, 0.25) is 0 Å². The quantitative estimate of drug-likeness (QED) is 0.135. The number of unbranched alkanes of at least 4 members (excludes halogenated alkanes) is 5. The Morgan fingerprint density at radius 3 is 2.10 bits per heavy atom. The molecule has 4 rings (SSSR count). The molecular weight excluding hydrogens is 496 g/mol. The Labute approximate surface area is 240 Å². The third-order valence-electron chi connectivity index (χ3n) is 7.56. The zero-order chi connectivity index (χ0) is 28.2. The van der Waals surface area contributed by atoms with E-state index in [1.807, 2.05) is 12.1 Å². The van der Waals surface area contributed by atoms with Crippen LogP contribution < -0.4 is 14.8 Å². The Bertz CT molecular complexity index is 1350. The largest absolute Gasteiger partial charge is 0.493 e. The Morgan fingerprint density at radius 2 is 1.38 bits per heavy atom. The molecule has 1 aromatic heterocycles. The van der Waals surface area contributed by atoms with Crippen molar-refractivity contribution in [2.24, 2.45) is 0 Å². The third kappa shape index (κ3) is 7.85. The van der Waals surface area contributed by atoms with E-state index in [9.17, 15) is 0 Å². The highest BCUT2D eigenvalue weighted by Gasteiger charge is 2.14. The zero-order valence-corrected chi connectivity index (χ0v) is 24.8. The SMILES string of the molecule is CCCCN(CCCC)CCCCCCNc1nc(-c2ccc3ccccc3c2)nc2cc(OC)c(OC)cc12. The third-order valence-corrected chi connectivity index (χ3v) is 7.56. The predicted octanol–water partition coefficient (Wildman–Crippen LogP) is 8.34. The summed E-state index contributed by atoms with van der Waals surface area (Å²) in [6.07, 6.45) is 9.99. The van der Waals surface area contributed by atoms with E-state index in [-0.39, 0.29) is 0 Å². The van der Waals surface area contributed by atoms with Crippen molar-refractivity contribution in [3.63, 3.8) is 0 Å². The van der Waals surface area contributed by atoms with Gasteiger partial charge < -0.3 is 19.7 Å². The summed E-state index contributed by atoms with van der Waals surface area (Å²) in [5, 5.41) is 6.94. The summed E-state index contributed by atoms with van der Waals surface area (Å²) in [6, 6.07) is 18.7. The van der Waals surface area contributed by atoms with E-state index in [1.54, 1.807) is 14.2 Å². The molecule has 40 heavy (non-hydrogen) atoms. The number of hydrogen-bond acceptors (Lipinski definition) is 6. The minimum absolute atomic E-state index is 0.663. The first-order valence-corrected chi connectivity index (χ1v) is 15.1. The van der Waals surface area contributed by atoms with Crippen LogP contribution in [0.15, 0.2) is 54.6 Å². The minimum atomic E-state index is 0.663. The molecular formula is C34H46N4O2. The standard InChI is InChI=1S/C34H46N4O2/c1-5-7-20-38(21-8-6-2)22-14-10-9-13-19-35-34-29-24-31(39-3)32(40-4)25-30(29)36-33(37-34)28-18-17-26-15-11-12-16-27(26)23-28/h11-12,15-18,23-25H,5-10,13-14,19-22H2,1-4H3,(H,35,36,37). The highest BCUT2D eigenvalue weighted by Crippen LogP contribution is 2.35. The second kappa shape index (κ2) is 15.4. The smallest absolute Gasteiger partial charge is 0.162 e. The number of fused-ring (bicyclic) bond motifs is 2. The fourth-order valence-electron chi connectivity index (χ4n) is 5.17. The molecule has 214 valence electrons. The lowest BCUT2D eigenvalue weighted by molar-refractivity contribution is 0.259. The maximum Gasteiger partial charge on any atom is 0.162 e. The van der Waals surface area contributed by atoms with Crippen molar-refractivity contribution in [1.29, 1.82) is 0 Å². The molecule has 0 amide bonds. The van der Waals surface area contributed by atoms with Gasteiger partial charge in [-0.05, 0) is 68.2 Å². The first kappa shape index (κ1) is 29.6. The zero-order valence-electron chi connectivity index (χ0n) is 24.8. The molecule has 3 aromatic carbocycles. The fourth-order valence-corrected chi connectivity index (χ4v) is 5.17. The lowest BCUT2D eigenvalue weighted by Gasteiger charge is -2.21. The Kier molecular flexibility index (Phi) is 11.4. The van der Waals surface area contributed by atoms with Crippen LogP contribution >= 0.6 is 0 Å². The molecule has 0 aliphatic carbocycles.